The highest BCUT2D eigenvalue weighted by Crippen LogP contribution is 2.28. The molecular weight excluding hydrogens is 443 g/mol. The number of hydrogen-bond acceptors (Lipinski definition) is 6. The molecule has 3 rings (SSSR count). The van der Waals surface area contributed by atoms with E-state index in [4.69, 9.17) is 27.9 Å². The van der Waals surface area contributed by atoms with E-state index in [1.807, 2.05) is 0 Å². The third kappa shape index (κ3) is 6.57. The van der Waals surface area contributed by atoms with E-state index >= 15 is 0 Å². The van der Waals surface area contributed by atoms with Gasteiger partial charge in [0.05, 0.1) is 16.2 Å². The molecule has 0 aliphatic carbocycles. The van der Waals surface area contributed by atoms with Crippen LogP contribution in [-0.4, -0.2) is 36.7 Å². The van der Waals surface area contributed by atoms with Crippen molar-refractivity contribution in [3.8, 4) is 5.75 Å². The van der Waals surface area contributed by atoms with Crippen molar-refractivity contribution in [3.63, 3.8) is 0 Å². The molecule has 2 aromatic rings. The van der Waals surface area contributed by atoms with Crippen molar-refractivity contribution in [2.45, 2.75) is 25.7 Å². The van der Waals surface area contributed by atoms with Gasteiger partial charge in [-0.25, -0.2) is 5.43 Å². The summed E-state index contributed by atoms with van der Waals surface area (Å²) in [5.41, 5.74) is 3.76. The van der Waals surface area contributed by atoms with Crippen LogP contribution in [-0.2, 0) is 4.79 Å². The van der Waals surface area contributed by atoms with Crippen LogP contribution in [0.15, 0.2) is 41.5 Å². The lowest BCUT2D eigenvalue weighted by atomic mass is 10.1. The molecule has 164 valence electrons. The Morgan fingerprint density at radius 1 is 1.16 bits per heavy atom. The van der Waals surface area contributed by atoms with E-state index in [1.165, 1.54) is 37.3 Å². The van der Waals surface area contributed by atoms with Gasteiger partial charge in [-0.2, -0.15) is 5.10 Å². The SMILES string of the molecule is O=C(COc1ccc(Cl)cc1Cl)NN=Cc1cc([N+](=O)[O-])ccc1N1CCCCCC1. The molecule has 1 fully saturated rings. The van der Waals surface area contributed by atoms with E-state index in [9.17, 15) is 14.9 Å². The van der Waals surface area contributed by atoms with Gasteiger partial charge in [-0.3, -0.25) is 14.9 Å². The number of ether oxygens (including phenoxy) is 1. The zero-order chi connectivity index (χ0) is 22.2. The molecule has 0 bridgehead atoms. The number of nitrogens with zero attached hydrogens (tertiary/aromatic N) is 3. The number of halogens is 2. The summed E-state index contributed by atoms with van der Waals surface area (Å²) in [6.45, 7) is 1.45. The molecule has 2 aromatic carbocycles. The molecule has 0 atom stereocenters. The quantitative estimate of drug-likeness (QED) is 0.360. The Labute approximate surface area is 189 Å². The molecule has 1 amide bonds. The smallest absolute Gasteiger partial charge is 0.277 e. The summed E-state index contributed by atoms with van der Waals surface area (Å²) in [7, 11) is 0. The normalized spacial score (nSPS) is 14.3. The number of hydrogen-bond donors (Lipinski definition) is 1. The summed E-state index contributed by atoms with van der Waals surface area (Å²) < 4.78 is 5.37. The first-order valence-electron chi connectivity index (χ1n) is 9.87. The number of nitrogens with one attached hydrogen (secondary N) is 1. The Balaban J connectivity index is 1.67. The van der Waals surface area contributed by atoms with Gasteiger partial charge in [-0.15, -0.1) is 0 Å². The highest BCUT2D eigenvalue weighted by Gasteiger charge is 2.16. The van der Waals surface area contributed by atoms with E-state index < -0.39 is 10.8 Å². The number of benzene rings is 2. The lowest BCUT2D eigenvalue weighted by molar-refractivity contribution is -0.384. The van der Waals surface area contributed by atoms with Crippen LogP contribution in [0.5, 0.6) is 5.75 Å². The molecule has 0 radical (unpaired) electrons. The lowest BCUT2D eigenvalue weighted by Crippen LogP contribution is -2.26. The largest absolute Gasteiger partial charge is 0.482 e. The van der Waals surface area contributed by atoms with E-state index in [-0.39, 0.29) is 12.3 Å². The Hall–Kier alpha value is -2.84. The van der Waals surface area contributed by atoms with Gasteiger partial charge in [0, 0.05) is 41.5 Å². The van der Waals surface area contributed by atoms with Crippen molar-refractivity contribution < 1.29 is 14.5 Å². The zero-order valence-electron chi connectivity index (χ0n) is 16.7. The Bertz CT molecular complexity index is 976. The van der Waals surface area contributed by atoms with Gasteiger partial charge >= 0.3 is 0 Å². The van der Waals surface area contributed by atoms with Gasteiger partial charge in [0.1, 0.15) is 5.75 Å². The molecule has 0 spiro atoms. The molecule has 1 N–H and O–H groups in total. The molecule has 1 heterocycles. The minimum atomic E-state index is -0.496. The average molecular weight is 465 g/mol. The van der Waals surface area contributed by atoms with Gasteiger partial charge < -0.3 is 9.64 Å². The van der Waals surface area contributed by atoms with Gasteiger partial charge in [-0.1, -0.05) is 36.0 Å². The third-order valence-corrected chi connectivity index (χ3v) is 5.34. The number of carbonyl (C=O) groups excluding carboxylic acids is 1. The van der Waals surface area contributed by atoms with Crippen molar-refractivity contribution in [2.24, 2.45) is 5.10 Å². The summed E-state index contributed by atoms with van der Waals surface area (Å²) in [4.78, 5) is 25.0. The van der Waals surface area contributed by atoms with Crippen LogP contribution in [0, 0.1) is 10.1 Å². The van der Waals surface area contributed by atoms with Crippen molar-refractivity contribution in [1.29, 1.82) is 0 Å². The van der Waals surface area contributed by atoms with Gasteiger partial charge in [0.25, 0.3) is 11.6 Å². The van der Waals surface area contributed by atoms with Crippen LogP contribution in [0.1, 0.15) is 31.2 Å². The Morgan fingerprint density at radius 3 is 2.58 bits per heavy atom. The standard InChI is InChI=1S/C21H22Cl2N4O4/c22-16-5-8-20(18(23)12-16)31-14-21(28)25-24-13-15-11-17(27(29)30)6-7-19(15)26-9-3-1-2-4-10-26/h5-8,11-13H,1-4,9-10,14H2,(H,25,28). The number of hydrazone groups is 1. The number of amides is 1. The second kappa shape index (κ2) is 11.0. The summed E-state index contributed by atoms with van der Waals surface area (Å²) >= 11 is 11.8. The van der Waals surface area contributed by atoms with Crippen molar-refractivity contribution in [2.75, 3.05) is 24.6 Å². The first-order chi connectivity index (χ1) is 14.9. The predicted octanol–water partition coefficient (Wildman–Crippen LogP) is 4.81. The molecule has 1 aliphatic heterocycles. The van der Waals surface area contributed by atoms with Crippen LogP contribution in [0.2, 0.25) is 10.0 Å². The minimum absolute atomic E-state index is 0.0351. The number of carbonyl (C=O) groups is 1. The molecule has 0 saturated carbocycles. The van der Waals surface area contributed by atoms with Gasteiger partial charge in [0.2, 0.25) is 0 Å². The highest BCUT2D eigenvalue weighted by molar-refractivity contribution is 6.35. The van der Waals surface area contributed by atoms with Crippen LogP contribution in [0.3, 0.4) is 0 Å². The summed E-state index contributed by atoms with van der Waals surface area (Å²) in [5, 5.41) is 15.9. The van der Waals surface area contributed by atoms with E-state index in [1.54, 1.807) is 18.2 Å². The Morgan fingerprint density at radius 2 is 1.90 bits per heavy atom. The highest BCUT2D eigenvalue weighted by atomic mass is 35.5. The molecule has 1 aliphatic rings. The second-order valence-corrected chi connectivity index (χ2v) is 7.90. The number of nitro groups is 1. The molecule has 31 heavy (non-hydrogen) atoms. The zero-order valence-corrected chi connectivity index (χ0v) is 18.2. The molecule has 0 aromatic heterocycles. The third-order valence-electron chi connectivity index (χ3n) is 4.81. The molecular formula is C21H22Cl2N4O4. The topological polar surface area (TPSA) is 97.1 Å². The van der Waals surface area contributed by atoms with Crippen molar-refractivity contribution >= 4 is 46.7 Å². The monoisotopic (exact) mass is 464 g/mol. The number of nitro benzene ring substituents is 1. The van der Waals surface area contributed by atoms with E-state index in [0.717, 1.165) is 31.6 Å². The van der Waals surface area contributed by atoms with Gasteiger partial charge in [-0.05, 0) is 37.1 Å². The maximum Gasteiger partial charge on any atom is 0.277 e. The number of rotatable bonds is 7. The fraction of sp³-hybridized carbons (Fsp3) is 0.333. The van der Waals surface area contributed by atoms with Crippen molar-refractivity contribution in [1.82, 2.24) is 5.43 Å². The molecule has 1 saturated heterocycles. The minimum Gasteiger partial charge on any atom is -0.482 e. The predicted molar refractivity (Wildman–Crippen MR) is 121 cm³/mol. The Kier molecular flexibility index (Phi) is 8.08. The summed E-state index contributed by atoms with van der Waals surface area (Å²) in [5.74, 6) is -0.170. The molecule has 8 nitrogen and oxygen atoms in total. The number of anilines is 1. The van der Waals surface area contributed by atoms with Crippen LogP contribution in [0.25, 0.3) is 0 Å². The first kappa shape index (κ1) is 22.8. The molecule has 0 unspecified atom stereocenters. The maximum absolute atomic E-state index is 12.1. The maximum atomic E-state index is 12.1. The second-order valence-electron chi connectivity index (χ2n) is 7.06. The van der Waals surface area contributed by atoms with Gasteiger partial charge in [0.15, 0.2) is 6.61 Å². The van der Waals surface area contributed by atoms with E-state index in [2.05, 4.69) is 15.4 Å². The lowest BCUT2D eigenvalue weighted by Gasteiger charge is -2.24. The fourth-order valence-electron chi connectivity index (χ4n) is 3.30. The first-order valence-corrected chi connectivity index (χ1v) is 10.6. The van der Waals surface area contributed by atoms with Crippen molar-refractivity contribution in [3.05, 3.63) is 62.1 Å². The van der Waals surface area contributed by atoms with Crippen LogP contribution < -0.4 is 15.1 Å². The fourth-order valence-corrected chi connectivity index (χ4v) is 3.76. The average Bonchev–Trinajstić information content (AvgIpc) is 3.02. The summed E-state index contributed by atoms with van der Waals surface area (Å²) in [6.07, 6.45) is 5.88. The van der Waals surface area contributed by atoms with Crippen LogP contribution in [0.4, 0.5) is 11.4 Å². The number of non-ortho nitro benzene ring substituents is 1. The molecule has 10 heteroatoms. The summed E-state index contributed by atoms with van der Waals surface area (Å²) in [6, 6.07) is 9.36. The van der Waals surface area contributed by atoms with E-state index in [0.29, 0.717) is 21.4 Å². The van der Waals surface area contributed by atoms with Crippen LogP contribution >= 0.6 is 23.2 Å².